The van der Waals surface area contributed by atoms with Crippen LogP contribution < -0.4 is 5.32 Å². The van der Waals surface area contributed by atoms with E-state index in [9.17, 15) is 18.4 Å². The Labute approximate surface area is 116 Å². The van der Waals surface area contributed by atoms with Crippen molar-refractivity contribution >= 4 is 11.9 Å². The van der Waals surface area contributed by atoms with Gasteiger partial charge in [0.2, 0.25) is 0 Å². The Morgan fingerprint density at radius 2 is 1.70 bits per heavy atom. The lowest BCUT2D eigenvalue weighted by Crippen LogP contribution is -2.42. The van der Waals surface area contributed by atoms with E-state index in [1.807, 2.05) is 0 Å². The van der Waals surface area contributed by atoms with Crippen LogP contribution in [-0.2, 0) is 4.74 Å². The summed E-state index contributed by atoms with van der Waals surface area (Å²) in [5, 5.41) is 2.25. The van der Waals surface area contributed by atoms with Crippen LogP contribution in [0.4, 0.5) is 13.6 Å². The number of alkyl carbamates (subject to hydrolysis) is 1. The number of rotatable bonds is 3. The molecular formula is C14H17F2NO3. The van der Waals surface area contributed by atoms with E-state index >= 15 is 0 Å². The molecule has 0 saturated heterocycles. The monoisotopic (exact) mass is 285 g/mol. The highest BCUT2D eigenvalue weighted by Gasteiger charge is 2.25. The molecule has 0 aromatic heterocycles. The Hall–Kier alpha value is -1.98. The molecule has 20 heavy (non-hydrogen) atoms. The third-order valence-electron chi connectivity index (χ3n) is 2.34. The number of Topliss-reactive ketones (excluding diaryl/α,β-unsaturated/α-hetero) is 1. The summed E-state index contributed by atoms with van der Waals surface area (Å²) in [6.45, 7) is 6.32. The first-order valence-electron chi connectivity index (χ1n) is 6.09. The zero-order valence-electron chi connectivity index (χ0n) is 11.8. The van der Waals surface area contributed by atoms with Gasteiger partial charge in [-0.05, 0) is 39.8 Å². The fourth-order valence-corrected chi connectivity index (χ4v) is 1.50. The Balaban J connectivity index is 2.80. The SMILES string of the molecule is C[C@@H](NC(=O)OC(C)(C)C)C(=O)c1c(F)cccc1F. The fourth-order valence-electron chi connectivity index (χ4n) is 1.50. The van der Waals surface area contributed by atoms with Crippen LogP contribution in [0, 0.1) is 11.6 Å². The Bertz CT molecular complexity index is 503. The van der Waals surface area contributed by atoms with Crippen molar-refractivity contribution in [3.05, 3.63) is 35.4 Å². The van der Waals surface area contributed by atoms with Crippen LogP contribution in [0.2, 0.25) is 0 Å². The number of benzene rings is 1. The molecule has 0 heterocycles. The summed E-state index contributed by atoms with van der Waals surface area (Å²) in [5.41, 5.74) is -1.40. The van der Waals surface area contributed by atoms with E-state index in [-0.39, 0.29) is 0 Å². The van der Waals surface area contributed by atoms with Crippen LogP contribution in [-0.4, -0.2) is 23.5 Å². The lowest BCUT2D eigenvalue weighted by atomic mass is 10.0. The van der Waals surface area contributed by atoms with Crippen molar-refractivity contribution in [2.45, 2.75) is 39.3 Å². The van der Waals surface area contributed by atoms with Gasteiger partial charge in [-0.25, -0.2) is 13.6 Å². The van der Waals surface area contributed by atoms with Gasteiger partial charge in [0.05, 0.1) is 11.6 Å². The van der Waals surface area contributed by atoms with Crippen LogP contribution in [0.15, 0.2) is 18.2 Å². The van der Waals surface area contributed by atoms with Crippen molar-refractivity contribution in [2.24, 2.45) is 0 Å². The quantitative estimate of drug-likeness (QED) is 0.868. The van der Waals surface area contributed by atoms with Crippen LogP contribution in [0.25, 0.3) is 0 Å². The van der Waals surface area contributed by atoms with Gasteiger partial charge in [-0.1, -0.05) is 6.07 Å². The lowest BCUT2D eigenvalue weighted by molar-refractivity contribution is 0.0496. The van der Waals surface area contributed by atoms with Crippen LogP contribution >= 0.6 is 0 Å². The summed E-state index contributed by atoms with van der Waals surface area (Å²) in [7, 11) is 0. The zero-order chi connectivity index (χ0) is 15.5. The number of amides is 1. The largest absolute Gasteiger partial charge is 0.444 e. The third kappa shape index (κ3) is 4.29. The highest BCUT2D eigenvalue weighted by Crippen LogP contribution is 2.15. The maximum absolute atomic E-state index is 13.5. The van der Waals surface area contributed by atoms with Crippen molar-refractivity contribution in [3.8, 4) is 0 Å². The second-order valence-corrected chi connectivity index (χ2v) is 5.33. The Morgan fingerprint density at radius 1 is 1.20 bits per heavy atom. The number of hydrogen-bond acceptors (Lipinski definition) is 3. The van der Waals surface area contributed by atoms with E-state index in [0.717, 1.165) is 18.2 Å². The molecule has 0 fully saturated rings. The van der Waals surface area contributed by atoms with Gasteiger partial charge in [0, 0.05) is 0 Å². The average Bonchev–Trinajstić information content (AvgIpc) is 2.25. The number of carbonyl (C=O) groups excluding carboxylic acids is 2. The van der Waals surface area contributed by atoms with Gasteiger partial charge in [-0.15, -0.1) is 0 Å². The third-order valence-corrected chi connectivity index (χ3v) is 2.34. The van der Waals surface area contributed by atoms with Crippen molar-refractivity contribution in [3.63, 3.8) is 0 Å². The number of ketones is 1. The standard InChI is InChI=1S/C14H17F2NO3/c1-8(17-13(19)20-14(2,3)4)12(18)11-9(15)6-5-7-10(11)16/h5-8H,1-4H3,(H,17,19)/t8-/m1/s1. The van der Waals surface area contributed by atoms with Gasteiger partial charge in [0.25, 0.3) is 0 Å². The second-order valence-electron chi connectivity index (χ2n) is 5.33. The van der Waals surface area contributed by atoms with Crippen molar-refractivity contribution in [1.82, 2.24) is 5.32 Å². The van der Waals surface area contributed by atoms with Gasteiger partial charge >= 0.3 is 6.09 Å². The molecule has 6 heteroatoms. The number of ether oxygens (including phenoxy) is 1. The summed E-state index contributed by atoms with van der Waals surface area (Å²) in [6.07, 6.45) is -0.824. The maximum atomic E-state index is 13.5. The number of nitrogens with one attached hydrogen (secondary N) is 1. The molecule has 1 aromatic carbocycles. The molecule has 0 unspecified atom stereocenters. The topological polar surface area (TPSA) is 55.4 Å². The Kier molecular flexibility index (Phi) is 4.81. The molecule has 0 aliphatic carbocycles. The van der Waals surface area contributed by atoms with Crippen molar-refractivity contribution < 1.29 is 23.1 Å². The molecule has 0 radical (unpaired) electrons. The minimum Gasteiger partial charge on any atom is -0.444 e. The van der Waals surface area contributed by atoms with Gasteiger partial charge in [-0.3, -0.25) is 4.79 Å². The predicted molar refractivity (Wildman–Crippen MR) is 69.5 cm³/mol. The van der Waals surface area contributed by atoms with Gasteiger partial charge in [0.15, 0.2) is 5.78 Å². The van der Waals surface area contributed by atoms with E-state index in [2.05, 4.69) is 5.32 Å². The van der Waals surface area contributed by atoms with Crippen molar-refractivity contribution in [1.29, 1.82) is 0 Å². The van der Waals surface area contributed by atoms with E-state index < -0.39 is 40.7 Å². The van der Waals surface area contributed by atoms with Gasteiger partial charge in [0.1, 0.15) is 17.2 Å². The van der Waals surface area contributed by atoms with Gasteiger partial charge in [-0.2, -0.15) is 0 Å². The Morgan fingerprint density at radius 3 is 2.15 bits per heavy atom. The molecule has 0 bridgehead atoms. The first-order chi connectivity index (χ1) is 9.11. The molecule has 110 valence electrons. The fraction of sp³-hybridized carbons (Fsp3) is 0.429. The normalized spacial score (nSPS) is 12.7. The number of halogens is 2. The summed E-state index contributed by atoms with van der Waals surface area (Å²) < 4.78 is 31.9. The zero-order valence-corrected chi connectivity index (χ0v) is 11.8. The predicted octanol–water partition coefficient (Wildman–Crippen LogP) is 3.06. The molecule has 0 aliphatic heterocycles. The highest BCUT2D eigenvalue weighted by molar-refractivity contribution is 6.01. The molecule has 0 aliphatic rings. The summed E-state index contributed by atoms with van der Waals surface area (Å²) in [5.74, 6) is -2.79. The maximum Gasteiger partial charge on any atom is 0.408 e. The average molecular weight is 285 g/mol. The van der Waals surface area contributed by atoms with E-state index in [1.165, 1.54) is 6.92 Å². The first kappa shape index (κ1) is 16.1. The number of carbonyl (C=O) groups is 2. The lowest BCUT2D eigenvalue weighted by Gasteiger charge is -2.21. The molecule has 4 nitrogen and oxygen atoms in total. The van der Waals surface area contributed by atoms with E-state index in [0.29, 0.717) is 0 Å². The van der Waals surface area contributed by atoms with Crippen LogP contribution in [0.5, 0.6) is 0 Å². The first-order valence-corrected chi connectivity index (χ1v) is 6.09. The minimum absolute atomic E-state index is 0.670. The molecular weight excluding hydrogens is 268 g/mol. The molecule has 1 amide bonds. The highest BCUT2D eigenvalue weighted by atomic mass is 19.1. The van der Waals surface area contributed by atoms with Crippen molar-refractivity contribution in [2.75, 3.05) is 0 Å². The summed E-state index contributed by atoms with van der Waals surface area (Å²) >= 11 is 0. The summed E-state index contributed by atoms with van der Waals surface area (Å²) in [4.78, 5) is 23.4. The van der Waals surface area contributed by atoms with Gasteiger partial charge < -0.3 is 10.1 Å². The molecule has 0 saturated carbocycles. The van der Waals surface area contributed by atoms with Crippen LogP contribution in [0.1, 0.15) is 38.1 Å². The molecule has 1 atom stereocenters. The minimum atomic E-state index is -1.10. The molecule has 1 N–H and O–H groups in total. The smallest absolute Gasteiger partial charge is 0.408 e. The van der Waals surface area contributed by atoms with Crippen LogP contribution in [0.3, 0.4) is 0 Å². The second kappa shape index (κ2) is 5.98. The van der Waals surface area contributed by atoms with E-state index in [4.69, 9.17) is 4.74 Å². The molecule has 1 rings (SSSR count). The summed E-state index contributed by atoms with van der Waals surface area (Å²) in [6, 6.07) is 2.02. The molecule has 1 aromatic rings. The number of hydrogen-bond donors (Lipinski definition) is 1. The molecule has 0 spiro atoms. The van der Waals surface area contributed by atoms with E-state index in [1.54, 1.807) is 20.8 Å².